The summed E-state index contributed by atoms with van der Waals surface area (Å²) in [6, 6.07) is 13.0. The largest absolute Gasteiger partial charge is 0.367 e. The van der Waals surface area contributed by atoms with Gasteiger partial charge in [-0.1, -0.05) is 30.0 Å². The first kappa shape index (κ1) is 12.1. The lowest BCUT2D eigenvalue weighted by Gasteiger charge is -2.32. The minimum atomic E-state index is 1.06. The van der Waals surface area contributed by atoms with Crippen LogP contribution in [0.1, 0.15) is 5.56 Å². The molecular formula is C16H17N3S. The van der Waals surface area contributed by atoms with Gasteiger partial charge < -0.3 is 14.8 Å². The van der Waals surface area contributed by atoms with Crippen LogP contribution in [-0.2, 0) is 0 Å². The van der Waals surface area contributed by atoms with Gasteiger partial charge in [-0.3, -0.25) is 0 Å². The summed E-state index contributed by atoms with van der Waals surface area (Å²) in [6.07, 6.45) is 4.41. The van der Waals surface area contributed by atoms with Crippen LogP contribution in [0.25, 0.3) is 11.9 Å². The number of nitrogens with zero attached hydrogens (tertiary/aromatic N) is 2. The van der Waals surface area contributed by atoms with E-state index in [1.165, 1.54) is 21.2 Å². The van der Waals surface area contributed by atoms with Gasteiger partial charge in [0.1, 0.15) is 0 Å². The molecule has 3 nitrogen and oxygen atoms in total. The van der Waals surface area contributed by atoms with E-state index in [1.807, 2.05) is 11.8 Å². The van der Waals surface area contributed by atoms with Crippen LogP contribution >= 0.6 is 11.8 Å². The molecule has 102 valence electrons. The van der Waals surface area contributed by atoms with Crippen LogP contribution in [-0.4, -0.2) is 35.6 Å². The van der Waals surface area contributed by atoms with Crippen molar-refractivity contribution < 1.29 is 0 Å². The standard InChI is InChI=1S/C16H17N3S/c1-2-5-15-13(4-1)14(18-10-7-17-8-11-18)12-19-9-3-6-16(19)20-15/h1-6,9,12,17H,7-8,10-11H2. The summed E-state index contributed by atoms with van der Waals surface area (Å²) < 4.78 is 2.24. The Morgan fingerprint density at radius 1 is 1.00 bits per heavy atom. The predicted octanol–water partition coefficient (Wildman–Crippen LogP) is 2.81. The molecule has 0 saturated carbocycles. The quantitative estimate of drug-likeness (QED) is 0.869. The van der Waals surface area contributed by atoms with Gasteiger partial charge >= 0.3 is 0 Å². The maximum absolute atomic E-state index is 3.43. The molecule has 1 aromatic heterocycles. The average molecular weight is 283 g/mol. The van der Waals surface area contributed by atoms with Crippen LogP contribution in [0.2, 0.25) is 0 Å². The molecule has 4 rings (SSSR count). The number of hydrogen-bond donors (Lipinski definition) is 1. The number of nitrogens with one attached hydrogen (secondary N) is 1. The fourth-order valence-corrected chi connectivity index (χ4v) is 3.83. The zero-order valence-corrected chi connectivity index (χ0v) is 12.1. The zero-order chi connectivity index (χ0) is 13.4. The molecular weight excluding hydrogens is 266 g/mol. The van der Waals surface area contributed by atoms with Gasteiger partial charge in [-0.05, 0) is 18.2 Å². The minimum Gasteiger partial charge on any atom is -0.367 e. The summed E-state index contributed by atoms with van der Waals surface area (Å²) in [4.78, 5) is 3.83. The first-order valence-corrected chi connectivity index (χ1v) is 7.85. The summed E-state index contributed by atoms with van der Waals surface area (Å²) in [5.41, 5.74) is 2.69. The summed E-state index contributed by atoms with van der Waals surface area (Å²) in [5, 5.41) is 4.71. The molecule has 0 spiro atoms. The van der Waals surface area contributed by atoms with E-state index in [-0.39, 0.29) is 0 Å². The smallest absolute Gasteiger partial charge is 0.0838 e. The Bertz CT molecular complexity index is 653. The van der Waals surface area contributed by atoms with E-state index in [9.17, 15) is 0 Å². The Kier molecular flexibility index (Phi) is 3.05. The van der Waals surface area contributed by atoms with Crippen molar-refractivity contribution in [1.82, 2.24) is 14.8 Å². The lowest BCUT2D eigenvalue weighted by Crippen LogP contribution is -2.42. The fraction of sp³-hybridized carbons (Fsp3) is 0.250. The third kappa shape index (κ3) is 2.05. The van der Waals surface area contributed by atoms with Crippen LogP contribution in [0, 0.1) is 0 Å². The van der Waals surface area contributed by atoms with Crippen molar-refractivity contribution in [2.45, 2.75) is 9.92 Å². The molecule has 2 aliphatic heterocycles. The predicted molar refractivity (Wildman–Crippen MR) is 83.6 cm³/mol. The second kappa shape index (κ2) is 5.04. The van der Waals surface area contributed by atoms with Gasteiger partial charge in [-0.25, -0.2) is 0 Å². The normalized spacial score (nSPS) is 18.0. The van der Waals surface area contributed by atoms with Crippen molar-refractivity contribution in [3.63, 3.8) is 0 Å². The molecule has 1 saturated heterocycles. The van der Waals surface area contributed by atoms with Gasteiger partial charge in [0.05, 0.1) is 10.7 Å². The Balaban J connectivity index is 1.85. The molecule has 0 unspecified atom stereocenters. The van der Waals surface area contributed by atoms with Crippen molar-refractivity contribution in [1.29, 1.82) is 0 Å². The van der Waals surface area contributed by atoms with Crippen LogP contribution < -0.4 is 5.32 Å². The lowest BCUT2D eigenvalue weighted by molar-refractivity contribution is 0.341. The number of hydrogen-bond acceptors (Lipinski definition) is 3. The minimum absolute atomic E-state index is 1.06. The number of piperazine rings is 1. The van der Waals surface area contributed by atoms with Gasteiger partial charge in [0.2, 0.25) is 0 Å². The van der Waals surface area contributed by atoms with Crippen LogP contribution in [0.5, 0.6) is 0 Å². The highest BCUT2D eigenvalue weighted by atomic mass is 32.2. The molecule has 0 bridgehead atoms. The molecule has 1 aromatic carbocycles. The number of fused-ring (bicyclic) bond motifs is 2. The third-order valence-electron chi connectivity index (χ3n) is 3.84. The van der Waals surface area contributed by atoms with Crippen LogP contribution in [0.4, 0.5) is 0 Å². The first-order chi connectivity index (χ1) is 9.92. The second-order valence-corrected chi connectivity index (χ2v) is 6.17. The van der Waals surface area contributed by atoms with Crippen LogP contribution in [0.15, 0.2) is 52.5 Å². The van der Waals surface area contributed by atoms with Crippen molar-refractivity contribution in [2.75, 3.05) is 26.2 Å². The van der Waals surface area contributed by atoms with Crippen LogP contribution in [0.3, 0.4) is 0 Å². The van der Waals surface area contributed by atoms with E-state index in [2.05, 4.69) is 63.6 Å². The molecule has 3 heterocycles. The molecule has 4 heteroatoms. The maximum Gasteiger partial charge on any atom is 0.0838 e. The fourth-order valence-electron chi connectivity index (χ4n) is 2.81. The Labute approximate surface area is 123 Å². The Morgan fingerprint density at radius 3 is 2.75 bits per heavy atom. The molecule has 1 N–H and O–H groups in total. The monoisotopic (exact) mass is 283 g/mol. The molecule has 0 radical (unpaired) electrons. The molecule has 2 aromatic rings. The molecule has 1 fully saturated rings. The van der Waals surface area contributed by atoms with E-state index in [0.717, 1.165) is 26.2 Å². The highest BCUT2D eigenvalue weighted by Gasteiger charge is 2.20. The van der Waals surface area contributed by atoms with Crippen molar-refractivity contribution >= 4 is 23.7 Å². The number of benzene rings is 1. The Morgan fingerprint density at radius 2 is 1.85 bits per heavy atom. The van der Waals surface area contributed by atoms with Gasteiger partial charge in [0.15, 0.2) is 0 Å². The molecule has 0 atom stereocenters. The van der Waals surface area contributed by atoms with Crippen molar-refractivity contribution in [2.24, 2.45) is 0 Å². The van der Waals surface area contributed by atoms with Crippen molar-refractivity contribution in [3.8, 4) is 0 Å². The highest BCUT2D eigenvalue weighted by Crippen LogP contribution is 2.38. The summed E-state index contributed by atoms with van der Waals surface area (Å²) in [5.74, 6) is 0. The molecule has 0 aliphatic carbocycles. The molecule has 0 amide bonds. The van der Waals surface area contributed by atoms with E-state index in [4.69, 9.17) is 0 Å². The Hall–Kier alpha value is -1.65. The molecule has 2 aliphatic rings. The highest BCUT2D eigenvalue weighted by molar-refractivity contribution is 7.99. The first-order valence-electron chi connectivity index (χ1n) is 7.03. The van der Waals surface area contributed by atoms with E-state index in [0.29, 0.717) is 0 Å². The average Bonchev–Trinajstić information content (AvgIpc) is 2.87. The summed E-state index contributed by atoms with van der Waals surface area (Å²) in [6.45, 7) is 4.26. The second-order valence-electron chi connectivity index (χ2n) is 5.10. The van der Waals surface area contributed by atoms with E-state index in [1.54, 1.807) is 0 Å². The lowest BCUT2D eigenvalue weighted by atomic mass is 10.1. The van der Waals surface area contributed by atoms with Gasteiger partial charge in [-0.15, -0.1) is 0 Å². The summed E-state index contributed by atoms with van der Waals surface area (Å²) >= 11 is 1.85. The van der Waals surface area contributed by atoms with Gasteiger partial charge in [-0.2, -0.15) is 0 Å². The van der Waals surface area contributed by atoms with Gasteiger partial charge in [0.25, 0.3) is 0 Å². The number of rotatable bonds is 1. The van der Waals surface area contributed by atoms with E-state index < -0.39 is 0 Å². The molecule has 20 heavy (non-hydrogen) atoms. The maximum atomic E-state index is 3.43. The SMILES string of the molecule is C1=C(N2CCNCC2)c2ccccc2Sc2cccn21. The summed E-state index contributed by atoms with van der Waals surface area (Å²) in [7, 11) is 0. The topological polar surface area (TPSA) is 20.2 Å². The van der Waals surface area contributed by atoms with Gasteiger partial charge in [0, 0.05) is 49.0 Å². The zero-order valence-electron chi connectivity index (χ0n) is 11.2. The number of aromatic nitrogens is 1. The van der Waals surface area contributed by atoms with Crippen molar-refractivity contribution in [3.05, 3.63) is 48.2 Å². The van der Waals surface area contributed by atoms with E-state index >= 15 is 0 Å². The third-order valence-corrected chi connectivity index (χ3v) is 4.97.